The highest BCUT2D eigenvalue weighted by molar-refractivity contribution is 7.86. The highest BCUT2D eigenvalue weighted by Crippen LogP contribution is 2.16. The smallest absolute Gasteiger partial charge is 0.266 e. The molecule has 0 amide bonds. The third-order valence-corrected chi connectivity index (χ3v) is 3.92. The minimum atomic E-state index is -3.65. The first-order valence-corrected chi connectivity index (χ1v) is 6.85. The number of hydrogen-bond acceptors (Lipinski definition) is 3. The van der Waals surface area contributed by atoms with Gasteiger partial charge in [0.15, 0.2) is 0 Å². The molecule has 3 nitrogen and oxygen atoms in total. The Balaban J connectivity index is 2.76. The fourth-order valence-electron chi connectivity index (χ4n) is 1.11. The summed E-state index contributed by atoms with van der Waals surface area (Å²) in [5, 5.41) is 0. The van der Waals surface area contributed by atoms with Gasteiger partial charge in [0.2, 0.25) is 0 Å². The summed E-state index contributed by atoms with van der Waals surface area (Å²) >= 11 is 0. The molecule has 0 radical (unpaired) electrons. The summed E-state index contributed by atoms with van der Waals surface area (Å²) in [4.78, 5) is 0.192. The lowest BCUT2D eigenvalue weighted by atomic mass is 10.1. The van der Waals surface area contributed by atoms with Crippen molar-refractivity contribution in [2.45, 2.75) is 25.7 Å². The van der Waals surface area contributed by atoms with E-state index >= 15 is 0 Å². The second kappa shape index (κ2) is 5.47. The van der Waals surface area contributed by atoms with Crippen LogP contribution in [0.1, 0.15) is 19.4 Å². The Labute approximate surface area is 103 Å². The number of rotatable bonds is 5. The van der Waals surface area contributed by atoms with Gasteiger partial charge in [-0.3, -0.25) is 4.18 Å². The van der Waals surface area contributed by atoms with E-state index in [4.69, 9.17) is 4.18 Å². The lowest BCUT2D eigenvalue weighted by molar-refractivity contribution is 0.283. The predicted molar refractivity (Wildman–Crippen MR) is 68.3 cm³/mol. The molecule has 0 bridgehead atoms. The molecule has 0 N–H and O–H groups in total. The SMILES string of the molecule is C=C(C)[C@H](C)COS(=O)(=O)c1ccc(C)cc1. The van der Waals surface area contributed by atoms with Gasteiger partial charge in [-0.1, -0.05) is 36.8 Å². The minimum Gasteiger partial charge on any atom is -0.266 e. The van der Waals surface area contributed by atoms with Crippen LogP contribution >= 0.6 is 0 Å². The van der Waals surface area contributed by atoms with Crippen LogP contribution in [0.2, 0.25) is 0 Å². The van der Waals surface area contributed by atoms with Gasteiger partial charge in [-0.2, -0.15) is 8.42 Å². The molecule has 1 aromatic carbocycles. The average molecular weight is 254 g/mol. The Morgan fingerprint density at radius 1 is 1.35 bits per heavy atom. The van der Waals surface area contributed by atoms with Gasteiger partial charge in [-0.15, -0.1) is 0 Å². The molecule has 0 unspecified atom stereocenters. The molecule has 1 aromatic rings. The van der Waals surface area contributed by atoms with Crippen LogP contribution in [0.5, 0.6) is 0 Å². The van der Waals surface area contributed by atoms with Gasteiger partial charge in [-0.05, 0) is 26.0 Å². The van der Waals surface area contributed by atoms with Crippen molar-refractivity contribution < 1.29 is 12.6 Å². The zero-order valence-corrected chi connectivity index (χ0v) is 11.3. The molecule has 4 heteroatoms. The maximum absolute atomic E-state index is 11.8. The van der Waals surface area contributed by atoms with Crippen molar-refractivity contribution >= 4 is 10.1 Å². The van der Waals surface area contributed by atoms with E-state index in [0.29, 0.717) is 0 Å². The Morgan fingerprint density at radius 2 is 1.88 bits per heavy atom. The fourth-order valence-corrected chi connectivity index (χ4v) is 2.10. The van der Waals surface area contributed by atoms with E-state index in [1.165, 1.54) is 0 Å². The molecule has 0 aliphatic rings. The van der Waals surface area contributed by atoms with E-state index in [9.17, 15) is 8.42 Å². The minimum absolute atomic E-state index is 0.0234. The Bertz CT molecular complexity index is 486. The molecule has 94 valence electrons. The van der Waals surface area contributed by atoms with E-state index in [0.717, 1.165) is 11.1 Å². The zero-order valence-electron chi connectivity index (χ0n) is 10.4. The van der Waals surface area contributed by atoms with E-state index in [1.54, 1.807) is 24.3 Å². The van der Waals surface area contributed by atoms with Crippen molar-refractivity contribution in [1.82, 2.24) is 0 Å². The predicted octanol–water partition coefficient (Wildman–Crippen LogP) is 2.91. The third-order valence-electron chi connectivity index (χ3n) is 2.62. The summed E-state index contributed by atoms with van der Waals surface area (Å²) in [5.74, 6) is 0.0234. The monoisotopic (exact) mass is 254 g/mol. The van der Waals surface area contributed by atoms with Crippen LogP contribution in [-0.2, 0) is 14.3 Å². The quantitative estimate of drug-likeness (QED) is 0.599. The van der Waals surface area contributed by atoms with Gasteiger partial charge in [0.1, 0.15) is 0 Å². The second-order valence-electron chi connectivity index (χ2n) is 4.30. The van der Waals surface area contributed by atoms with E-state index in [2.05, 4.69) is 6.58 Å². The first-order chi connectivity index (χ1) is 7.83. The standard InChI is InChI=1S/C13H18O3S/c1-10(2)12(4)9-16-17(14,15)13-7-5-11(3)6-8-13/h5-8,12H,1,9H2,2-4H3/t12-/m1/s1. The molecule has 0 heterocycles. The molecular formula is C13H18O3S. The van der Waals surface area contributed by atoms with Crippen LogP contribution in [0, 0.1) is 12.8 Å². The van der Waals surface area contributed by atoms with Crippen LogP contribution in [-0.4, -0.2) is 15.0 Å². The highest BCUT2D eigenvalue weighted by atomic mass is 32.2. The van der Waals surface area contributed by atoms with Crippen molar-refractivity contribution in [2.75, 3.05) is 6.61 Å². The van der Waals surface area contributed by atoms with E-state index < -0.39 is 10.1 Å². The van der Waals surface area contributed by atoms with E-state index in [1.807, 2.05) is 20.8 Å². The fraction of sp³-hybridized carbons (Fsp3) is 0.385. The first kappa shape index (κ1) is 13.9. The maximum atomic E-state index is 11.8. The summed E-state index contributed by atoms with van der Waals surface area (Å²) in [5.41, 5.74) is 1.92. The van der Waals surface area contributed by atoms with Gasteiger partial charge in [0.05, 0.1) is 11.5 Å². The molecule has 1 rings (SSSR count). The largest absolute Gasteiger partial charge is 0.296 e. The van der Waals surface area contributed by atoms with Crippen molar-refractivity contribution in [2.24, 2.45) is 5.92 Å². The molecule has 1 atom stereocenters. The van der Waals surface area contributed by atoms with Gasteiger partial charge < -0.3 is 0 Å². The van der Waals surface area contributed by atoms with Gasteiger partial charge in [0.25, 0.3) is 10.1 Å². The number of benzene rings is 1. The molecule has 17 heavy (non-hydrogen) atoms. The van der Waals surface area contributed by atoms with Gasteiger partial charge in [-0.25, -0.2) is 0 Å². The third kappa shape index (κ3) is 3.98. The Kier molecular flexibility index (Phi) is 4.48. The summed E-state index contributed by atoms with van der Waals surface area (Å²) in [6, 6.07) is 6.60. The maximum Gasteiger partial charge on any atom is 0.296 e. The summed E-state index contributed by atoms with van der Waals surface area (Å²) < 4.78 is 28.6. The van der Waals surface area contributed by atoms with Gasteiger partial charge in [0, 0.05) is 5.92 Å². The molecule has 0 spiro atoms. The van der Waals surface area contributed by atoms with Crippen LogP contribution in [0.3, 0.4) is 0 Å². The molecule has 0 aliphatic heterocycles. The molecular weight excluding hydrogens is 236 g/mol. The topological polar surface area (TPSA) is 43.4 Å². The molecule has 0 aliphatic carbocycles. The van der Waals surface area contributed by atoms with Crippen LogP contribution in [0.15, 0.2) is 41.3 Å². The molecule has 0 saturated carbocycles. The number of aryl methyl sites for hydroxylation is 1. The molecule has 0 aromatic heterocycles. The summed E-state index contributed by atoms with van der Waals surface area (Å²) in [6.07, 6.45) is 0. The van der Waals surface area contributed by atoms with Crippen LogP contribution in [0.4, 0.5) is 0 Å². The average Bonchev–Trinajstić information content (AvgIpc) is 2.26. The summed E-state index contributed by atoms with van der Waals surface area (Å²) in [6.45, 7) is 9.53. The Morgan fingerprint density at radius 3 is 2.35 bits per heavy atom. The van der Waals surface area contributed by atoms with Crippen LogP contribution in [0.25, 0.3) is 0 Å². The van der Waals surface area contributed by atoms with Crippen LogP contribution < -0.4 is 0 Å². The Hall–Kier alpha value is -1.13. The van der Waals surface area contributed by atoms with Crippen molar-refractivity contribution in [3.8, 4) is 0 Å². The normalized spacial score (nSPS) is 13.4. The van der Waals surface area contributed by atoms with Gasteiger partial charge >= 0.3 is 0 Å². The first-order valence-electron chi connectivity index (χ1n) is 5.44. The van der Waals surface area contributed by atoms with Crippen molar-refractivity contribution in [3.05, 3.63) is 42.0 Å². The second-order valence-corrected chi connectivity index (χ2v) is 5.91. The van der Waals surface area contributed by atoms with E-state index in [-0.39, 0.29) is 17.4 Å². The highest BCUT2D eigenvalue weighted by Gasteiger charge is 2.16. The molecule has 0 saturated heterocycles. The van der Waals surface area contributed by atoms with Crippen molar-refractivity contribution in [1.29, 1.82) is 0 Å². The molecule has 0 fully saturated rings. The number of hydrogen-bond donors (Lipinski definition) is 0. The summed E-state index contributed by atoms with van der Waals surface area (Å²) in [7, 11) is -3.65. The van der Waals surface area contributed by atoms with Crippen molar-refractivity contribution in [3.63, 3.8) is 0 Å². The zero-order chi connectivity index (χ0) is 13.1. The lowest BCUT2D eigenvalue weighted by Crippen LogP contribution is -2.13. The lowest BCUT2D eigenvalue weighted by Gasteiger charge is -2.11.